The Morgan fingerprint density at radius 3 is 1.55 bits per heavy atom. The fourth-order valence-electron chi connectivity index (χ4n) is 3.00. The van der Waals surface area contributed by atoms with Gasteiger partial charge in [0.1, 0.15) is 0 Å². The van der Waals surface area contributed by atoms with Crippen LogP contribution in [0.5, 0.6) is 0 Å². The Labute approximate surface area is 197 Å². The molecule has 0 fully saturated rings. The number of halogens is 6. The Morgan fingerprint density at radius 2 is 1.00 bits per heavy atom. The number of hydrogen-bond acceptors (Lipinski definition) is 1. The monoisotopic (exact) mass is 516 g/mol. The van der Waals surface area contributed by atoms with Crippen molar-refractivity contribution in [2.45, 2.75) is 14.7 Å². The smallest absolute Gasteiger partial charge is 0.143 e. The Bertz CT molecular complexity index is 1200. The predicted octanol–water partition coefficient (Wildman–Crippen LogP) is 9.92. The van der Waals surface area contributed by atoms with Gasteiger partial charge in [-0.2, -0.15) is 0 Å². The minimum atomic E-state index is -10.7. The third-order valence-corrected chi connectivity index (χ3v) is 5.67. The molecule has 0 saturated carbocycles. The van der Waals surface area contributed by atoms with E-state index in [0.717, 1.165) is 4.90 Å². The molecule has 0 unspecified atom stereocenters. The molecule has 174 valence electrons. The quantitative estimate of drug-likeness (QED) is 0.119. The Hall–Kier alpha value is -2.41. The maximum atomic E-state index is 9.87. The van der Waals surface area contributed by atoms with Crippen molar-refractivity contribution in [3.05, 3.63) is 103 Å². The summed E-state index contributed by atoms with van der Waals surface area (Å²) in [5, 5.41) is 0. The van der Waals surface area contributed by atoms with Crippen molar-refractivity contribution < 1.29 is 25.2 Å². The average Bonchev–Trinajstić information content (AvgIpc) is 2.74. The molecule has 0 amide bonds. The van der Waals surface area contributed by atoms with Crippen LogP contribution in [0, 0.1) is 0 Å². The third kappa shape index (κ3) is 9.54. The largest absolute Gasteiger partial charge is 0.158 e. The summed E-state index contributed by atoms with van der Waals surface area (Å²) in [5.41, 5.74) is 4.96. The Kier molecular flexibility index (Phi) is 6.94. The van der Waals surface area contributed by atoms with Crippen LogP contribution in [0.2, 0.25) is 0 Å². The summed E-state index contributed by atoms with van der Waals surface area (Å²) >= 11 is 5.63. The van der Waals surface area contributed by atoms with Crippen LogP contribution in [-0.4, -0.2) is 0 Å². The van der Waals surface area contributed by atoms with Gasteiger partial charge in [-0.15, -0.1) is 12.6 Å². The molecule has 4 rings (SSSR count). The normalized spacial score (nSPS) is 13.3. The van der Waals surface area contributed by atoms with Crippen LogP contribution in [0.15, 0.2) is 118 Å². The molecule has 0 aliphatic carbocycles. The van der Waals surface area contributed by atoms with Crippen LogP contribution < -0.4 is 0 Å². The second-order valence-electron chi connectivity index (χ2n) is 7.05. The van der Waals surface area contributed by atoms with E-state index >= 15 is 0 Å². The zero-order valence-electron chi connectivity index (χ0n) is 16.9. The maximum absolute atomic E-state index is 10.7. The van der Waals surface area contributed by atoms with Gasteiger partial charge < -0.3 is 0 Å². The molecule has 0 atom stereocenters. The Morgan fingerprint density at radius 1 is 0.515 bits per heavy atom. The standard InChI is InChI=1S/C24H18S2.F6P/c25-20-13-11-19(12-14-20)23-16-15-22(26-21-9-5-2-6-10-21)17-24(23)18-7-3-1-4-8-18;1-7(2,3,4,5)6/h1-17,25H;/q;-1/p+1. The van der Waals surface area contributed by atoms with Gasteiger partial charge in [-0.05, 0) is 58.7 Å². The van der Waals surface area contributed by atoms with Crippen LogP contribution in [-0.2, 0) is 11.8 Å². The molecule has 0 spiro atoms. The van der Waals surface area contributed by atoms with Crippen molar-refractivity contribution in [2.75, 3.05) is 0 Å². The average molecular weight is 517 g/mol. The van der Waals surface area contributed by atoms with Gasteiger partial charge in [0.05, 0.1) is 0 Å². The van der Waals surface area contributed by atoms with Crippen molar-refractivity contribution in [1.29, 1.82) is 0 Å². The van der Waals surface area contributed by atoms with E-state index in [0.29, 0.717) is 0 Å². The van der Waals surface area contributed by atoms with Gasteiger partial charge in [-0.1, -0.05) is 60.7 Å². The minimum Gasteiger partial charge on any atom is -0.143 e. The van der Waals surface area contributed by atoms with Crippen molar-refractivity contribution >= 4 is 32.2 Å². The first-order valence-electron chi connectivity index (χ1n) is 9.57. The fourth-order valence-corrected chi connectivity index (χ4v) is 4.11. The van der Waals surface area contributed by atoms with Crippen LogP contribution in [0.3, 0.4) is 0 Å². The van der Waals surface area contributed by atoms with Crippen LogP contribution in [0.25, 0.3) is 22.3 Å². The van der Waals surface area contributed by atoms with E-state index in [9.17, 15) is 25.2 Å². The predicted molar refractivity (Wildman–Crippen MR) is 130 cm³/mol. The van der Waals surface area contributed by atoms with Crippen molar-refractivity contribution in [1.82, 2.24) is 0 Å². The van der Waals surface area contributed by atoms with Crippen LogP contribution in [0.1, 0.15) is 0 Å². The van der Waals surface area contributed by atoms with E-state index in [1.54, 1.807) is 0 Å². The Balaban J connectivity index is 0.000000383. The first-order chi connectivity index (χ1) is 15.2. The van der Waals surface area contributed by atoms with Gasteiger partial charge in [-0.3, -0.25) is 0 Å². The van der Waals surface area contributed by atoms with Crippen LogP contribution in [0.4, 0.5) is 25.2 Å². The molecule has 0 aliphatic rings. The molecule has 0 saturated heterocycles. The molecule has 9 heteroatoms. The second-order valence-corrected chi connectivity index (χ2v) is 10.7. The topological polar surface area (TPSA) is 0 Å². The van der Waals surface area contributed by atoms with Crippen molar-refractivity contribution in [3.63, 3.8) is 0 Å². The molecule has 0 aliphatic heterocycles. The summed E-state index contributed by atoms with van der Waals surface area (Å²) in [7, 11) is -10.7. The number of rotatable bonds is 4. The van der Waals surface area contributed by atoms with Gasteiger partial charge in [-0.25, -0.2) is 0 Å². The molecule has 4 aromatic rings. The minimum absolute atomic E-state index is 0.981. The second kappa shape index (κ2) is 9.09. The van der Waals surface area contributed by atoms with Crippen molar-refractivity contribution in [2.24, 2.45) is 0 Å². The van der Waals surface area contributed by atoms with E-state index < -0.39 is 7.81 Å². The molecular formula is C24H19F6PS2. The third-order valence-electron chi connectivity index (χ3n) is 4.28. The molecule has 4 aromatic carbocycles. The number of benzene rings is 4. The number of hydrogen-bond donors (Lipinski definition) is 1. The molecule has 0 radical (unpaired) electrons. The SMILES string of the molecule is F[P-](F)(F)(F)(F)F.Sc1ccc(-c2ccc([SH+]c3ccccc3)cc2-c2ccccc2)cc1. The van der Waals surface area contributed by atoms with Crippen molar-refractivity contribution in [3.8, 4) is 22.3 Å². The van der Waals surface area contributed by atoms with Crippen LogP contribution >= 0.6 is 20.4 Å². The molecule has 0 heterocycles. The summed E-state index contributed by atoms with van der Waals surface area (Å²) in [6.07, 6.45) is 0. The van der Waals surface area contributed by atoms with E-state index in [1.807, 2.05) is 12.1 Å². The summed E-state index contributed by atoms with van der Waals surface area (Å²) < 4.78 is 59.2. The van der Waals surface area contributed by atoms with Gasteiger partial charge >= 0.3 is 33.0 Å². The molecule has 0 aromatic heterocycles. The van der Waals surface area contributed by atoms with Gasteiger partial charge in [0.25, 0.3) is 0 Å². The van der Waals surface area contributed by atoms with Gasteiger partial charge in [0, 0.05) is 22.7 Å². The summed E-state index contributed by atoms with van der Waals surface area (Å²) in [6.45, 7) is 0. The van der Waals surface area contributed by atoms with Gasteiger partial charge in [0.2, 0.25) is 0 Å². The molecular weight excluding hydrogens is 497 g/mol. The zero-order chi connectivity index (χ0) is 24.2. The first-order valence-corrected chi connectivity index (χ1v) is 12.9. The molecule has 0 bridgehead atoms. The van der Waals surface area contributed by atoms with Gasteiger partial charge in [0.15, 0.2) is 9.79 Å². The zero-order valence-corrected chi connectivity index (χ0v) is 19.6. The van der Waals surface area contributed by atoms with E-state index in [4.69, 9.17) is 0 Å². The molecule has 0 N–H and O–H groups in total. The summed E-state index contributed by atoms with van der Waals surface area (Å²) in [4.78, 5) is 3.58. The summed E-state index contributed by atoms with van der Waals surface area (Å²) in [5.74, 6) is 0. The van der Waals surface area contributed by atoms with E-state index in [2.05, 4.69) is 104 Å². The van der Waals surface area contributed by atoms with E-state index in [-0.39, 0.29) is 0 Å². The molecule has 0 nitrogen and oxygen atoms in total. The first kappa shape index (κ1) is 25.2. The van der Waals surface area contributed by atoms with E-state index in [1.165, 1.54) is 43.8 Å². The molecule has 33 heavy (non-hydrogen) atoms. The summed E-state index contributed by atoms with van der Waals surface area (Å²) in [6, 6.07) is 36.3. The fraction of sp³-hybridized carbons (Fsp3) is 0. The number of thiol groups is 2. The maximum Gasteiger partial charge on any atom is 0.158 e.